The lowest BCUT2D eigenvalue weighted by atomic mass is 10.1. The van der Waals surface area contributed by atoms with Gasteiger partial charge in [-0.15, -0.1) is 0 Å². The quantitative estimate of drug-likeness (QED) is 0.244. The SMILES string of the molecule is CCCCCCCN(CCCCCCC)c1cccc(Sc2ccc(CC(=O)O)cc2)c1. The van der Waals surface area contributed by atoms with Crippen LogP contribution in [-0.4, -0.2) is 24.2 Å². The Hall–Kier alpha value is -1.94. The summed E-state index contributed by atoms with van der Waals surface area (Å²) in [6.45, 7) is 6.81. The Balaban J connectivity index is 1.99. The van der Waals surface area contributed by atoms with Crippen molar-refractivity contribution in [1.29, 1.82) is 0 Å². The lowest BCUT2D eigenvalue weighted by Crippen LogP contribution is -2.25. The largest absolute Gasteiger partial charge is 0.481 e. The van der Waals surface area contributed by atoms with Crippen LogP contribution in [-0.2, 0) is 11.2 Å². The molecule has 0 atom stereocenters. The maximum atomic E-state index is 10.9. The van der Waals surface area contributed by atoms with Crippen LogP contribution in [0.1, 0.15) is 83.6 Å². The van der Waals surface area contributed by atoms with Crippen LogP contribution in [0, 0.1) is 0 Å². The molecule has 0 aliphatic heterocycles. The first-order chi connectivity index (χ1) is 15.6. The first kappa shape index (κ1) is 26.3. The number of benzene rings is 2. The van der Waals surface area contributed by atoms with Crippen LogP contribution in [0.25, 0.3) is 0 Å². The third-order valence-corrected chi connectivity index (χ3v) is 6.76. The van der Waals surface area contributed by atoms with Gasteiger partial charge >= 0.3 is 5.97 Å². The predicted molar refractivity (Wildman–Crippen MR) is 138 cm³/mol. The standard InChI is InChI=1S/C28H41NO2S/c1-3-5-7-9-11-20-29(21-12-10-8-6-4-2)25-14-13-15-27(23-25)32-26-18-16-24(17-19-26)22-28(30)31/h13-19,23H,3-12,20-22H2,1-2H3,(H,30,31). The number of anilines is 1. The van der Waals surface area contributed by atoms with Gasteiger partial charge < -0.3 is 10.0 Å². The van der Waals surface area contributed by atoms with Gasteiger partial charge in [-0.3, -0.25) is 4.79 Å². The van der Waals surface area contributed by atoms with Gasteiger partial charge in [-0.2, -0.15) is 0 Å². The van der Waals surface area contributed by atoms with Gasteiger partial charge in [-0.1, -0.05) is 95.2 Å². The van der Waals surface area contributed by atoms with E-state index in [4.69, 9.17) is 5.11 Å². The summed E-state index contributed by atoms with van der Waals surface area (Å²) in [5, 5.41) is 8.95. The van der Waals surface area contributed by atoms with E-state index in [2.05, 4.69) is 43.0 Å². The van der Waals surface area contributed by atoms with Gasteiger partial charge in [0.25, 0.3) is 0 Å². The van der Waals surface area contributed by atoms with E-state index in [9.17, 15) is 4.79 Å². The van der Waals surface area contributed by atoms with Crippen LogP contribution in [0.3, 0.4) is 0 Å². The molecule has 0 aromatic heterocycles. The van der Waals surface area contributed by atoms with Crippen molar-refractivity contribution >= 4 is 23.4 Å². The van der Waals surface area contributed by atoms with Gasteiger partial charge in [-0.25, -0.2) is 0 Å². The van der Waals surface area contributed by atoms with Crippen molar-refractivity contribution in [2.24, 2.45) is 0 Å². The third-order valence-electron chi connectivity index (χ3n) is 5.76. The van der Waals surface area contributed by atoms with Crippen molar-refractivity contribution in [3.63, 3.8) is 0 Å². The highest BCUT2D eigenvalue weighted by Gasteiger charge is 2.08. The molecular formula is C28H41NO2S. The van der Waals surface area contributed by atoms with Crippen LogP contribution in [0.15, 0.2) is 58.3 Å². The van der Waals surface area contributed by atoms with Gasteiger partial charge in [0.15, 0.2) is 0 Å². The van der Waals surface area contributed by atoms with E-state index < -0.39 is 5.97 Å². The monoisotopic (exact) mass is 455 g/mol. The summed E-state index contributed by atoms with van der Waals surface area (Å²) in [5.74, 6) is -0.789. The van der Waals surface area contributed by atoms with Gasteiger partial charge in [0.2, 0.25) is 0 Å². The Morgan fingerprint density at radius 3 is 1.94 bits per heavy atom. The van der Waals surface area contributed by atoms with E-state index in [0.717, 1.165) is 23.5 Å². The van der Waals surface area contributed by atoms with Crippen molar-refractivity contribution in [2.45, 2.75) is 94.3 Å². The van der Waals surface area contributed by atoms with Gasteiger partial charge in [-0.05, 0) is 48.7 Å². The Labute approximate surface area is 199 Å². The summed E-state index contributed by atoms with van der Waals surface area (Å²) in [4.78, 5) is 15.8. The number of hydrogen-bond donors (Lipinski definition) is 1. The molecule has 0 spiro atoms. The Morgan fingerprint density at radius 1 is 0.781 bits per heavy atom. The highest BCUT2D eigenvalue weighted by molar-refractivity contribution is 7.99. The molecule has 0 aliphatic carbocycles. The highest BCUT2D eigenvalue weighted by Crippen LogP contribution is 2.31. The smallest absolute Gasteiger partial charge is 0.307 e. The summed E-state index contributed by atoms with van der Waals surface area (Å²) in [6, 6.07) is 16.8. The topological polar surface area (TPSA) is 40.5 Å². The molecule has 0 bridgehead atoms. The van der Waals surface area contributed by atoms with E-state index in [1.807, 2.05) is 24.3 Å². The maximum Gasteiger partial charge on any atom is 0.307 e. The van der Waals surface area contributed by atoms with Crippen molar-refractivity contribution in [2.75, 3.05) is 18.0 Å². The fraction of sp³-hybridized carbons (Fsp3) is 0.536. The molecule has 0 saturated heterocycles. The minimum Gasteiger partial charge on any atom is -0.481 e. The molecule has 4 heteroatoms. The zero-order valence-corrected chi connectivity index (χ0v) is 20.8. The molecule has 0 fully saturated rings. The molecule has 176 valence electrons. The van der Waals surface area contributed by atoms with Crippen molar-refractivity contribution in [1.82, 2.24) is 0 Å². The van der Waals surface area contributed by atoms with Gasteiger partial charge in [0.1, 0.15) is 0 Å². The number of rotatable bonds is 17. The number of unbranched alkanes of at least 4 members (excludes halogenated alkanes) is 8. The van der Waals surface area contributed by atoms with Crippen LogP contribution >= 0.6 is 11.8 Å². The molecule has 2 rings (SSSR count). The lowest BCUT2D eigenvalue weighted by molar-refractivity contribution is -0.136. The number of carbonyl (C=O) groups is 1. The number of aliphatic carboxylic acids is 1. The molecule has 1 N–H and O–H groups in total. The fourth-order valence-corrected chi connectivity index (χ4v) is 4.78. The summed E-state index contributed by atoms with van der Waals surface area (Å²) >= 11 is 1.74. The van der Waals surface area contributed by atoms with Gasteiger partial charge in [0.05, 0.1) is 6.42 Å². The molecule has 0 heterocycles. The molecule has 0 unspecified atom stereocenters. The first-order valence-corrected chi connectivity index (χ1v) is 13.3. The highest BCUT2D eigenvalue weighted by atomic mass is 32.2. The zero-order valence-electron chi connectivity index (χ0n) is 20.0. The Morgan fingerprint density at radius 2 is 1.38 bits per heavy atom. The van der Waals surface area contributed by atoms with E-state index in [1.54, 1.807) is 11.8 Å². The summed E-state index contributed by atoms with van der Waals surface area (Å²) in [6.07, 6.45) is 13.2. The van der Waals surface area contributed by atoms with Gasteiger partial charge in [0, 0.05) is 28.6 Å². The molecule has 2 aromatic carbocycles. The van der Waals surface area contributed by atoms with Crippen molar-refractivity contribution in [3.05, 3.63) is 54.1 Å². The first-order valence-electron chi connectivity index (χ1n) is 12.5. The minimum atomic E-state index is -0.789. The van der Waals surface area contributed by atoms with Crippen LogP contribution < -0.4 is 4.90 Å². The third kappa shape index (κ3) is 10.6. The second-order valence-electron chi connectivity index (χ2n) is 8.63. The number of hydrogen-bond acceptors (Lipinski definition) is 3. The number of carboxylic acids is 1. The van der Waals surface area contributed by atoms with E-state index >= 15 is 0 Å². The summed E-state index contributed by atoms with van der Waals surface area (Å²) < 4.78 is 0. The predicted octanol–water partition coefficient (Wildman–Crippen LogP) is 8.21. The van der Waals surface area contributed by atoms with Crippen molar-refractivity contribution < 1.29 is 9.90 Å². The second kappa shape index (κ2) is 15.8. The summed E-state index contributed by atoms with van der Waals surface area (Å²) in [7, 11) is 0. The molecule has 3 nitrogen and oxygen atoms in total. The maximum absolute atomic E-state index is 10.9. The van der Waals surface area contributed by atoms with E-state index in [0.29, 0.717) is 0 Å². The van der Waals surface area contributed by atoms with Crippen LogP contribution in [0.5, 0.6) is 0 Å². The molecule has 0 radical (unpaired) electrons. The molecule has 0 amide bonds. The Bertz CT molecular complexity index is 761. The molecule has 0 saturated carbocycles. The molecule has 32 heavy (non-hydrogen) atoms. The molecule has 0 aliphatic rings. The summed E-state index contributed by atoms with van der Waals surface area (Å²) in [5.41, 5.74) is 2.16. The van der Waals surface area contributed by atoms with Crippen LogP contribution in [0.4, 0.5) is 5.69 Å². The number of carboxylic acid groups (broad SMARTS) is 1. The minimum absolute atomic E-state index is 0.0753. The normalized spacial score (nSPS) is 10.9. The Kier molecular flexibility index (Phi) is 13.0. The van der Waals surface area contributed by atoms with E-state index in [1.165, 1.54) is 74.8 Å². The van der Waals surface area contributed by atoms with Crippen molar-refractivity contribution in [3.8, 4) is 0 Å². The zero-order chi connectivity index (χ0) is 23.0. The van der Waals surface area contributed by atoms with Crippen LogP contribution in [0.2, 0.25) is 0 Å². The average molecular weight is 456 g/mol. The molecular weight excluding hydrogens is 414 g/mol. The average Bonchev–Trinajstić information content (AvgIpc) is 2.78. The van der Waals surface area contributed by atoms with E-state index in [-0.39, 0.29) is 6.42 Å². The lowest BCUT2D eigenvalue weighted by Gasteiger charge is -2.25. The fourth-order valence-electron chi connectivity index (χ4n) is 3.91. The number of nitrogens with zero attached hydrogens (tertiary/aromatic N) is 1. The molecule has 2 aromatic rings. The second-order valence-corrected chi connectivity index (χ2v) is 9.78.